The topological polar surface area (TPSA) is 113 Å². The van der Waals surface area contributed by atoms with Crippen LogP contribution in [0.25, 0.3) is 6.08 Å². The van der Waals surface area contributed by atoms with E-state index in [0.29, 0.717) is 11.1 Å². The molecule has 3 aromatic rings. The molecule has 6 nitrogen and oxygen atoms in total. The molecule has 3 aromatic carbocycles. The average Bonchev–Trinajstić information content (AvgIpc) is 2.86. The van der Waals surface area contributed by atoms with Crippen LogP contribution >= 0.6 is 0 Å². The summed E-state index contributed by atoms with van der Waals surface area (Å²) in [5.41, 5.74) is 7.49. The molecule has 3 rings (SSSR count). The molecular weight excluding hydrogens is 428 g/mol. The Morgan fingerprint density at radius 3 is 2.21 bits per heavy atom. The van der Waals surface area contributed by atoms with E-state index in [4.69, 9.17) is 5.73 Å². The zero-order valence-corrected chi connectivity index (χ0v) is 19.3. The van der Waals surface area contributed by atoms with Crippen molar-refractivity contribution >= 4 is 17.8 Å². The van der Waals surface area contributed by atoms with E-state index in [1.165, 1.54) is 18.2 Å². The molecule has 0 bridgehead atoms. The summed E-state index contributed by atoms with van der Waals surface area (Å²) in [6.45, 7) is 3.72. The summed E-state index contributed by atoms with van der Waals surface area (Å²) in [5, 5.41) is 24.2. The van der Waals surface area contributed by atoms with E-state index in [1.807, 2.05) is 31.2 Å². The van der Waals surface area contributed by atoms with Gasteiger partial charge in [-0.15, -0.1) is 0 Å². The lowest BCUT2D eigenvalue weighted by atomic mass is 9.78. The van der Waals surface area contributed by atoms with Crippen molar-refractivity contribution in [1.82, 2.24) is 5.32 Å². The van der Waals surface area contributed by atoms with E-state index in [1.54, 1.807) is 55.5 Å². The van der Waals surface area contributed by atoms with Crippen LogP contribution in [0.2, 0.25) is 0 Å². The van der Waals surface area contributed by atoms with Gasteiger partial charge >= 0.3 is 0 Å². The van der Waals surface area contributed by atoms with Crippen molar-refractivity contribution in [1.29, 1.82) is 0 Å². The van der Waals surface area contributed by atoms with E-state index in [0.717, 1.165) is 11.1 Å². The maximum absolute atomic E-state index is 13.2. The quantitative estimate of drug-likeness (QED) is 0.288. The third kappa shape index (κ3) is 5.78. The predicted octanol–water partition coefficient (Wildman–Crippen LogP) is 3.71. The van der Waals surface area contributed by atoms with Gasteiger partial charge in [-0.1, -0.05) is 79.2 Å². The minimum absolute atomic E-state index is 0.0356. The van der Waals surface area contributed by atoms with Crippen molar-refractivity contribution < 1.29 is 19.8 Å². The number of aryl methyl sites for hydroxylation is 1. The highest BCUT2D eigenvalue weighted by Gasteiger charge is 2.44. The molecule has 0 aliphatic rings. The largest absolute Gasteiger partial charge is 0.508 e. The zero-order chi connectivity index (χ0) is 24.7. The molecule has 5 N–H and O–H groups in total. The first-order valence-electron chi connectivity index (χ1n) is 11.2. The summed E-state index contributed by atoms with van der Waals surface area (Å²) in [4.78, 5) is 26.1. The van der Waals surface area contributed by atoms with Crippen molar-refractivity contribution in [3.63, 3.8) is 0 Å². The Morgan fingerprint density at radius 1 is 1.00 bits per heavy atom. The van der Waals surface area contributed by atoms with Crippen LogP contribution in [-0.4, -0.2) is 34.0 Å². The highest BCUT2D eigenvalue weighted by Crippen LogP contribution is 2.32. The summed E-state index contributed by atoms with van der Waals surface area (Å²) in [5.74, 6) is -0.861. The molecule has 3 unspecified atom stereocenters. The fourth-order valence-corrected chi connectivity index (χ4v) is 3.86. The van der Waals surface area contributed by atoms with E-state index < -0.39 is 29.4 Å². The number of Topliss-reactive ketones (excluding diaryl/α,β-unsaturated/α-hetero) is 1. The second-order valence-electron chi connectivity index (χ2n) is 8.31. The van der Waals surface area contributed by atoms with Crippen molar-refractivity contribution in [3.8, 4) is 5.75 Å². The Morgan fingerprint density at radius 2 is 1.62 bits per heavy atom. The lowest BCUT2D eigenvalue weighted by molar-refractivity contribution is -0.120. The minimum Gasteiger partial charge on any atom is -0.508 e. The number of hydrogen-bond donors (Lipinski definition) is 4. The van der Waals surface area contributed by atoms with E-state index >= 15 is 0 Å². The fourth-order valence-electron chi connectivity index (χ4n) is 3.86. The number of phenols is 1. The number of nitrogens with one attached hydrogen (secondary N) is 1. The van der Waals surface area contributed by atoms with Gasteiger partial charge in [0.1, 0.15) is 11.4 Å². The van der Waals surface area contributed by atoms with Crippen LogP contribution in [0.4, 0.5) is 0 Å². The number of amides is 1. The third-order valence-corrected chi connectivity index (χ3v) is 5.94. The number of rotatable bonds is 9. The molecule has 0 radical (unpaired) electrons. The van der Waals surface area contributed by atoms with Gasteiger partial charge in [0.05, 0.1) is 12.1 Å². The number of aliphatic hydroxyl groups is 1. The maximum atomic E-state index is 13.2. The molecule has 0 saturated heterocycles. The Kier molecular flexibility index (Phi) is 7.99. The van der Waals surface area contributed by atoms with Gasteiger partial charge in [0.2, 0.25) is 5.91 Å². The van der Waals surface area contributed by atoms with Gasteiger partial charge in [-0.3, -0.25) is 9.59 Å². The van der Waals surface area contributed by atoms with Gasteiger partial charge < -0.3 is 21.3 Å². The number of hydrogen-bond acceptors (Lipinski definition) is 5. The van der Waals surface area contributed by atoms with Crippen LogP contribution in [0.1, 0.15) is 40.4 Å². The van der Waals surface area contributed by atoms with Crippen LogP contribution in [-0.2, 0) is 10.4 Å². The molecule has 1 amide bonds. The highest BCUT2D eigenvalue weighted by atomic mass is 16.3. The third-order valence-electron chi connectivity index (χ3n) is 5.94. The molecule has 0 heterocycles. The Hall–Kier alpha value is -3.74. The van der Waals surface area contributed by atoms with E-state index in [9.17, 15) is 19.8 Å². The number of ketones is 1. The Labute approximate surface area is 199 Å². The predicted molar refractivity (Wildman–Crippen MR) is 133 cm³/mol. The first-order valence-corrected chi connectivity index (χ1v) is 11.2. The molecule has 0 aromatic heterocycles. The minimum atomic E-state index is -1.66. The van der Waals surface area contributed by atoms with Crippen LogP contribution in [0, 0.1) is 6.92 Å². The van der Waals surface area contributed by atoms with Crippen LogP contribution in [0.3, 0.4) is 0 Å². The first kappa shape index (κ1) is 24.9. The van der Waals surface area contributed by atoms with Gasteiger partial charge in [0.25, 0.3) is 0 Å². The molecule has 0 aliphatic heterocycles. The zero-order valence-electron chi connectivity index (χ0n) is 19.3. The molecule has 6 heteroatoms. The number of carbonyl (C=O) groups is 2. The van der Waals surface area contributed by atoms with E-state index in [-0.39, 0.29) is 12.2 Å². The van der Waals surface area contributed by atoms with Gasteiger partial charge in [-0.2, -0.15) is 0 Å². The Bertz CT molecular complexity index is 1140. The monoisotopic (exact) mass is 458 g/mol. The van der Waals surface area contributed by atoms with Gasteiger partial charge in [0.15, 0.2) is 5.78 Å². The fraction of sp³-hybridized carbons (Fsp3) is 0.214. The molecule has 176 valence electrons. The van der Waals surface area contributed by atoms with Crippen molar-refractivity contribution in [3.05, 3.63) is 107 Å². The normalized spacial score (nSPS) is 14.8. The maximum Gasteiger partial charge on any atom is 0.244 e. The van der Waals surface area contributed by atoms with Crippen LogP contribution < -0.4 is 11.1 Å². The van der Waals surface area contributed by atoms with Crippen molar-refractivity contribution in [2.75, 3.05) is 0 Å². The van der Waals surface area contributed by atoms with Crippen molar-refractivity contribution in [2.45, 2.75) is 38.0 Å². The summed E-state index contributed by atoms with van der Waals surface area (Å²) < 4.78 is 0. The van der Waals surface area contributed by atoms with Gasteiger partial charge in [0, 0.05) is 11.6 Å². The molecule has 0 aliphatic carbocycles. The number of phenolic OH excluding ortho intramolecular Hbond substituents is 1. The van der Waals surface area contributed by atoms with E-state index in [2.05, 4.69) is 5.32 Å². The molecule has 0 saturated carbocycles. The second-order valence-corrected chi connectivity index (χ2v) is 8.31. The summed E-state index contributed by atoms with van der Waals surface area (Å²) in [6.07, 6.45) is 3.17. The number of carbonyl (C=O) groups excluding carboxylic acids is 2. The lowest BCUT2D eigenvalue weighted by Gasteiger charge is -2.39. The summed E-state index contributed by atoms with van der Waals surface area (Å²) in [6, 6.07) is 19.8. The highest BCUT2D eigenvalue weighted by molar-refractivity contribution is 6.01. The lowest BCUT2D eigenvalue weighted by Crippen LogP contribution is -2.61. The molecule has 0 spiro atoms. The second kappa shape index (κ2) is 10.9. The number of benzene rings is 3. The van der Waals surface area contributed by atoms with Crippen LogP contribution in [0.15, 0.2) is 84.9 Å². The first-order chi connectivity index (χ1) is 16.2. The van der Waals surface area contributed by atoms with Gasteiger partial charge in [-0.25, -0.2) is 0 Å². The summed E-state index contributed by atoms with van der Waals surface area (Å²) >= 11 is 0. The molecule has 0 fully saturated rings. The number of aromatic hydroxyl groups is 1. The summed E-state index contributed by atoms with van der Waals surface area (Å²) in [7, 11) is 0. The van der Waals surface area contributed by atoms with Crippen LogP contribution in [0.5, 0.6) is 5.75 Å². The van der Waals surface area contributed by atoms with Crippen molar-refractivity contribution in [2.24, 2.45) is 5.73 Å². The smallest absolute Gasteiger partial charge is 0.244 e. The SMILES string of the molecule is CCC(O)(c1ccc(O)cc1)C(NC(=O)C=Cc1ccc(C)cc1)C(N)C(=O)c1ccccc1. The molecule has 34 heavy (non-hydrogen) atoms. The average molecular weight is 459 g/mol. The number of nitrogens with two attached hydrogens (primary N) is 1. The molecule has 3 atom stereocenters. The van der Waals surface area contributed by atoms with Gasteiger partial charge in [-0.05, 0) is 42.7 Å². The molecular formula is C28H30N2O4. The Balaban J connectivity index is 1.94. The standard InChI is InChI=1S/C28H30N2O4/c1-3-28(34,22-14-16-23(31)17-15-22)27(25(29)26(33)21-7-5-4-6-8-21)30-24(32)18-13-20-11-9-19(2)10-12-20/h4-18,25,27,31,34H,3,29H2,1-2H3,(H,30,32).